The molecule has 1 aliphatic carbocycles. The van der Waals surface area contributed by atoms with Crippen molar-refractivity contribution in [3.63, 3.8) is 0 Å². The third kappa shape index (κ3) is 6.21. The van der Waals surface area contributed by atoms with Gasteiger partial charge in [0.25, 0.3) is 0 Å². The van der Waals surface area contributed by atoms with Gasteiger partial charge in [-0.15, -0.1) is 11.3 Å². The van der Waals surface area contributed by atoms with Crippen molar-refractivity contribution in [3.05, 3.63) is 99.3 Å². The van der Waals surface area contributed by atoms with Crippen LogP contribution in [0.1, 0.15) is 43.0 Å². The number of carbonyl (C=O) groups is 2. The molecule has 2 aromatic carbocycles. The van der Waals surface area contributed by atoms with Gasteiger partial charge in [-0.3, -0.25) is 14.5 Å². The minimum Gasteiger partial charge on any atom is -0.507 e. The average Bonchev–Trinajstić information content (AvgIpc) is 3.62. The monoisotopic (exact) mass is 597 g/mol. The van der Waals surface area contributed by atoms with Crippen LogP contribution in [-0.2, 0) is 20.8 Å². The Bertz CT molecular complexity index is 1520. The highest BCUT2D eigenvalue weighted by Gasteiger charge is 2.57. The fourth-order valence-corrected chi connectivity index (χ4v) is 7.55. The standard InChI is InChI=1S/C34H36BNO6S/c1-2-22(17-23-9-6-7-13-29(23)37)14-15-30-31-24(21-41-25-10-4-3-5-11-25)18-27-32(28(31)19-35(40)42-30)34(39)36(33(27)38)20-26-12-8-16-43-26/h3-13,16-17,27-28,30,32,37,40H,2,14-15,18-21H2,1H3/b22-17+/t27-,28+,30-,32-/m1/s1. The van der Waals surface area contributed by atoms with Crippen molar-refractivity contribution in [2.75, 3.05) is 6.61 Å². The second kappa shape index (κ2) is 12.9. The van der Waals surface area contributed by atoms with Gasteiger partial charge in [-0.25, -0.2) is 0 Å². The summed E-state index contributed by atoms with van der Waals surface area (Å²) in [5.41, 5.74) is 3.89. The lowest BCUT2D eigenvalue weighted by atomic mass is 9.58. The predicted octanol–water partition coefficient (Wildman–Crippen LogP) is 6.10. The first-order valence-electron chi connectivity index (χ1n) is 15.0. The van der Waals surface area contributed by atoms with E-state index in [1.165, 1.54) is 16.2 Å². The van der Waals surface area contributed by atoms with E-state index in [4.69, 9.17) is 9.39 Å². The third-order valence-corrected chi connectivity index (χ3v) is 9.79. The van der Waals surface area contributed by atoms with Gasteiger partial charge in [0, 0.05) is 10.4 Å². The molecule has 1 aromatic heterocycles. The zero-order chi connectivity index (χ0) is 29.9. The van der Waals surface area contributed by atoms with Crippen LogP contribution >= 0.6 is 11.3 Å². The van der Waals surface area contributed by atoms with Gasteiger partial charge in [0.1, 0.15) is 18.1 Å². The summed E-state index contributed by atoms with van der Waals surface area (Å²) in [4.78, 5) is 30.0. The molecule has 7 nitrogen and oxygen atoms in total. The molecule has 43 heavy (non-hydrogen) atoms. The Labute approximate surface area is 256 Å². The lowest BCUT2D eigenvalue weighted by Gasteiger charge is -2.43. The zero-order valence-corrected chi connectivity index (χ0v) is 25.0. The molecule has 0 radical (unpaired) electrons. The number of hydrogen-bond acceptors (Lipinski definition) is 7. The molecule has 9 heteroatoms. The van der Waals surface area contributed by atoms with Crippen molar-refractivity contribution >= 4 is 36.3 Å². The molecule has 2 amide bonds. The van der Waals surface area contributed by atoms with Gasteiger partial charge >= 0.3 is 7.12 Å². The number of allylic oxidation sites excluding steroid dienone is 1. The number of rotatable bonds is 10. The summed E-state index contributed by atoms with van der Waals surface area (Å²) < 4.78 is 12.4. The molecule has 0 bridgehead atoms. The van der Waals surface area contributed by atoms with Crippen molar-refractivity contribution in [1.29, 1.82) is 0 Å². The number of nitrogens with zero attached hydrogens (tertiary/aromatic N) is 1. The highest BCUT2D eigenvalue weighted by Crippen LogP contribution is 2.51. The number of amides is 2. The van der Waals surface area contributed by atoms with Crippen LogP contribution in [0.15, 0.2) is 88.8 Å². The second-order valence-corrected chi connectivity index (χ2v) is 12.5. The number of thiophene rings is 1. The Morgan fingerprint density at radius 3 is 2.60 bits per heavy atom. The number of phenolic OH excluding ortho intramolecular Hbond substituents is 1. The number of benzene rings is 2. The van der Waals surface area contributed by atoms with Crippen LogP contribution in [0.4, 0.5) is 0 Å². The lowest BCUT2D eigenvalue weighted by molar-refractivity contribution is -0.140. The maximum absolute atomic E-state index is 13.9. The maximum Gasteiger partial charge on any atom is 0.455 e. The van der Waals surface area contributed by atoms with E-state index < -0.39 is 25.1 Å². The average molecular weight is 598 g/mol. The fourth-order valence-electron chi connectivity index (χ4n) is 6.86. The van der Waals surface area contributed by atoms with E-state index >= 15 is 0 Å². The minimum absolute atomic E-state index is 0.143. The van der Waals surface area contributed by atoms with Crippen LogP contribution < -0.4 is 4.74 Å². The molecule has 2 saturated heterocycles. The fraction of sp³-hybridized carbons (Fsp3) is 0.353. The molecule has 6 rings (SSSR count). The van der Waals surface area contributed by atoms with Crippen molar-refractivity contribution in [2.24, 2.45) is 17.8 Å². The largest absolute Gasteiger partial charge is 0.507 e. The highest BCUT2D eigenvalue weighted by molar-refractivity contribution is 7.09. The van der Waals surface area contributed by atoms with Gasteiger partial charge in [-0.05, 0) is 78.7 Å². The Kier molecular flexibility index (Phi) is 8.84. The first kappa shape index (κ1) is 29.4. The molecular weight excluding hydrogens is 561 g/mol. The van der Waals surface area contributed by atoms with Gasteiger partial charge < -0.3 is 19.5 Å². The van der Waals surface area contributed by atoms with Crippen molar-refractivity contribution in [2.45, 2.75) is 51.6 Å². The van der Waals surface area contributed by atoms with Crippen molar-refractivity contribution in [3.8, 4) is 11.5 Å². The molecular formula is C34H36BNO6S. The number of para-hydroxylation sites is 2. The molecule has 3 aliphatic rings. The van der Waals surface area contributed by atoms with Crippen molar-refractivity contribution in [1.82, 2.24) is 4.90 Å². The topological polar surface area (TPSA) is 96.3 Å². The molecule has 2 N–H and O–H groups in total. The summed E-state index contributed by atoms with van der Waals surface area (Å²) in [5.74, 6) is -0.643. The van der Waals surface area contributed by atoms with Gasteiger partial charge in [0.2, 0.25) is 11.8 Å². The van der Waals surface area contributed by atoms with Gasteiger partial charge in [-0.1, -0.05) is 61.0 Å². The maximum atomic E-state index is 13.9. The van der Waals surface area contributed by atoms with E-state index in [1.807, 2.05) is 66.1 Å². The Morgan fingerprint density at radius 2 is 1.86 bits per heavy atom. The van der Waals surface area contributed by atoms with E-state index in [9.17, 15) is 19.7 Å². The summed E-state index contributed by atoms with van der Waals surface area (Å²) >= 11 is 1.53. The molecule has 3 aromatic rings. The van der Waals surface area contributed by atoms with Gasteiger partial charge in [0.15, 0.2) is 0 Å². The lowest BCUT2D eigenvalue weighted by Crippen LogP contribution is -2.46. The third-order valence-electron chi connectivity index (χ3n) is 8.93. The smallest absolute Gasteiger partial charge is 0.455 e. The summed E-state index contributed by atoms with van der Waals surface area (Å²) in [6.45, 7) is 2.65. The summed E-state index contributed by atoms with van der Waals surface area (Å²) in [7, 11) is -1.03. The molecule has 0 spiro atoms. The van der Waals surface area contributed by atoms with Crippen LogP contribution in [0.2, 0.25) is 6.32 Å². The van der Waals surface area contributed by atoms with Gasteiger partial charge in [0.05, 0.1) is 24.5 Å². The highest BCUT2D eigenvalue weighted by atomic mass is 32.1. The predicted molar refractivity (Wildman–Crippen MR) is 167 cm³/mol. The number of fused-ring (bicyclic) bond motifs is 3. The van der Waals surface area contributed by atoms with Crippen LogP contribution in [0.3, 0.4) is 0 Å². The number of imide groups is 1. The van der Waals surface area contributed by atoms with Crippen LogP contribution in [0, 0.1) is 17.8 Å². The van der Waals surface area contributed by atoms with E-state index in [-0.39, 0.29) is 43.0 Å². The number of phenols is 1. The van der Waals surface area contributed by atoms with E-state index in [0.717, 1.165) is 39.3 Å². The quantitative estimate of drug-likeness (QED) is 0.167. The van der Waals surface area contributed by atoms with Gasteiger partial charge in [-0.2, -0.15) is 0 Å². The summed E-state index contributed by atoms with van der Waals surface area (Å²) in [6.07, 6.45) is 4.38. The van der Waals surface area contributed by atoms with Crippen molar-refractivity contribution < 1.29 is 29.1 Å². The normalized spacial score (nSPS) is 23.9. The molecule has 222 valence electrons. The zero-order valence-electron chi connectivity index (χ0n) is 24.2. The molecule has 2 fully saturated rings. The number of ether oxygens (including phenoxy) is 1. The number of hydrogen-bond donors (Lipinski definition) is 2. The first-order valence-corrected chi connectivity index (χ1v) is 15.9. The second-order valence-electron chi connectivity index (χ2n) is 11.5. The molecule has 3 heterocycles. The summed E-state index contributed by atoms with van der Waals surface area (Å²) in [5, 5.41) is 23.2. The molecule has 4 atom stereocenters. The SMILES string of the molecule is CC/C(=C\c1ccccc1O)CC[C@H]1OB(O)C[C@H]2C1=C(COc1ccccc1)C[C@H]1C(=O)N(Cc3cccs3)C(=O)[C@H]12. The number of carbonyl (C=O) groups excluding carboxylic acids is 2. The van der Waals surface area contributed by atoms with E-state index in [1.54, 1.807) is 12.1 Å². The van der Waals surface area contributed by atoms with E-state index in [0.29, 0.717) is 19.3 Å². The van der Waals surface area contributed by atoms with E-state index in [2.05, 4.69) is 6.92 Å². The molecule has 0 unspecified atom stereocenters. The molecule has 2 aliphatic heterocycles. The minimum atomic E-state index is -1.03. The van der Waals surface area contributed by atoms with Crippen LogP contribution in [-0.4, -0.2) is 46.7 Å². The Morgan fingerprint density at radius 1 is 1.07 bits per heavy atom. The molecule has 0 saturated carbocycles. The summed E-state index contributed by atoms with van der Waals surface area (Å²) in [6, 6.07) is 20.7. The first-order chi connectivity index (χ1) is 20.9. The Hall–Kier alpha value is -3.66. The van der Waals surface area contributed by atoms with Crippen LogP contribution in [0.25, 0.3) is 6.08 Å². The number of likely N-dealkylation sites (tertiary alicyclic amines) is 1. The number of aromatic hydroxyl groups is 1. The van der Waals surface area contributed by atoms with Crippen LogP contribution in [0.5, 0.6) is 11.5 Å². The Balaban J connectivity index is 1.31.